The van der Waals surface area contributed by atoms with E-state index < -0.39 is 5.97 Å². The van der Waals surface area contributed by atoms with Crippen molar-refractivity contribution in [2.75, 3.05) is 20.8 Å². The van der Waals surface area contributed by atoms with E-state index in [0.29, 0.717) is 29.1 Å². The van der Waals surface area contributed by atoms with E-state index in [1.807, 2.05) is 29.2 Å². The molecule has 0 aliphatic carbocycles. The second-order valence-electron chi connectivity index (χ2n) is 7.69. The molecule has 0 unspecified atom stereocenters. The van der Waals surface area contributed by atoms with E-state index in [0.717, 1.165) is 35.7 Å². The van der Waals surface area contributed by atoms with Crippen LogP contribution in [0.2, 0.25) is 0 Å². The lowest BCUT2D eigenvalue weighted by molar-refractivity contribution is 0.0599. The minimum Gasteiger partial charge on any atom is -0.497 e. The van der Waals surface area contributed by atoms with Crippen molar-refractivity contribution in [3.8, 4) is 17.0 Å². The number of nitrogens with zero attached hydrogens (tertiary/aromatic N) is 2. The second kappa shape index (κ2) is 8.29. The van der Waals surface area contributed by atoms with Crippen molar-refractivity contribution in [3.63, 3.8) is 0 Å². The Morgan fingerprint density at radius 3 is 2.74 bits per heavy atom. The zero-order valence-corrected chi connectivity index (χ0v) is 18.1. The lowest BCUT2D eigenvalue weighted by Crippen LogP contribution is -2.31. The quantitative estimate of drug-likeness (QED) is 0.609. The summed E-state index contributed by atoms with van der Waals surface area (Å²) >= 11 is 0. The number of nitrogens with one attached hydrogen (secondary N) is 2. The molecule has 31 heavy (non-hydrogen) atoms. The van der Waals surface area contributed by atoms with E-state index in [4.69, 9.17) is 9.47 Å². The number of imidazole rings is 1. The van der Waals surface area contributed by atoms with Crippen LogP contribution in [0.5, 0.6) is 5.75 Å². The Labute approximate surface area is 180 Å². The van der Waals surface area contributed by atoms with Crippen molar-refractivity contribution in [2.45, 2.75) is 32.7 Å². The molecule has 1 saturated heterocycles. The normalized spacial score (nSPS) is 15.9. The molecule has 1 fully saturated rings. The molecule has 1 atom stereocenters. The minimum absolute atomic E-state index is 0.141. The van der Waals surface area contributed by atoms with Gasteiger partial charge in [0.25, 0.3) is 5.91 Å². The van der Waals surface area contributed by atoms with Gasteiger partial charge in [0.2, 0.25) is 0 Å². The average molecular weight is 422 g/mol. The number of likely N-dealkylation sites (tertiary alicyclic amines) is 1. The molecule has 162 valence electrons. The number of aromatic amines is 2. The van der Waals surface area contributed by atoms with Crippen LogP contribution in [0, 0.1) is 13.8 Å². The number of amides is 1. The number of methoxy groups -OCH3 is 2. The summed E-state index contributed by atoms with van der Waals surface area (Å²) in [6.07, 6.45) is 3.48. The lowest BCUT2D eigenvalue weighted by Gasteiger charge is -2.23. The van der Waals surface area contributed by atoms with Crippen LogP contribution in [0.4, 0.5) is 0 Å². The molecule has 3 heterocycles. The number of aryl methyl sites for hydroxylation is 1. The Morgan fingerprint density at radius 2 is 2.00 bits per heavy atom. The van der Waals surface area contributed by atoms with Crippen LogP contribution in [0.15, 0.2) is 30.5 Å². The average Bonchev–Trinajstić information content (AvgIpc) is 3.51. The van der Waals surface area contributed by atoms with E-state index in [-0.39, 0.29) is 11.9 Å². The van der Waals surface area contributed by atoms with Crippen LogP contribution in [0.25, 0.3) is 11.3 Å². The first-order valence-corrected chi connectivity index (χ1v) is 10.2. The molecule has 0 saturated carbocycles. The number of hydrogen-bond donors (Lipinski definition) is 2. The molecule has 1 aliphatic heterocycles. The zero-order chi connectivity index (χ0) is 22.1. The van der Waals surface area contributed by atoms with Gasteiger partial charge in [-0.1, -0.05) is 12.1 Å². The largest absolute Gasteiger partial charge is 0.497 e. The van der Waals surface area contributed by atoms with Gasteiger partial charge >= 0.3 is 5.97 Å². The Bertz CT molecular complexity index is 1130. The monoisotopic (exact) mass is 422 g/mol. The lowest BCUT2D eigenvalue weighted by atomic mass is 10.1. The molecule has 0 radical (unpaired) electrons. The van der Waals surface area contributed by atoms with Gasteiger partial charge in [0.05, 0.1) is 37.7 Å². The molecule has 2 aromatic heterocycles. The standard InChI is InChI=1S/C23H26N4O4/c1-13-19(23(29)31-4)14(2)25-20(13)22(28)27-10-6-9-18(27)21-24-12-17(26-21)15-7-5-8-16(11-15)30-3/h5,7-8,11-12,18,25H,6,9-10H2,1-4H3,(H,24,26)/t18-/m1/s1. The van der Waals surface area contributed by atoms with Gasteiger partial charge < -0.3 is 24.3 Å². The Balaban J connectivity index is 1.61. The first-order chi connectivity index (χ1) is 14.9. The summed E-state index contributed by atoms with van der Waals surface area (Å²) < 4.78 is 10.2. The maximum absolute atomic E-state index is 13.4. The highest BCUT2D eigenvalue weighted by molar-refractivity contribution is 6.00. The fourth-order valence-electron chi connectivity index (χ4n) is 4.25. The highest BCUT2D eigenvalue weighted by atomic mass is 16.5. The van der Waals surface area contributed by atoms with Crippen molar-refractivity contribution in [1.82, 2.24) is 19.9 Å². The smallest absolute Gasteiger partial charge is 0.339 e. The van der Waals surface area contributed by atoms with Crippen LogP contribution < -0.4 is 4.74 Å². The number of aromatic nitrogens is 3. The second-order valence-corrected chi connectivity index (χ2v) is 7.69. The Kier molecular flexibility index (Phi) is 5.54. The number of benzene rings is 1. The third-order valence-corrected chi connectivity index (χ3v) is 5.85. The highest BCUT2D eigenvalue weighted by Crippen LogP contribution is 2.34. The van der Waals surface area contributed by atoms with E-state index in [1.165, 1.54) is 7.11 Å². The van der Waals surface area contributed by atoms with Crippen molar-refractivity contribution in [2.24, 2.45) is 0 Å². The third-order valence-electron chi connectivity index (χ3n) is 5.85. The first-order valence-electron chi connectivity index (χ1n) is 10.2. The SMILES string of the molecule is COC(=O)c1c(C)[nH]c(C(=O)N2CCC[C@@H]2c2ncc(-c3cccc(OC)c3)[nH]2)c1C. The fraction of sp³-hybridized carbons (Fsp3) is 0.348. The summed E-state index contributed by atoms with van der Waals surface area (Å²) in [5, 5.41) is 0. The van der Waals surface area contributed by atoms with Gasteiger partial charge in [-0.2, -0.15) is 0 Å². The first kappa shape index (κ1) is 20.7. The minimum atomic E-state index is -0.447. The van der Waals surface area contributed by atoms with E-state index >= 15 is 0 Å². The maximum Gasteiger partial charge on any atom is 0.339 e. The predicted molar refractivity (Wildman–Crippen MR) is 115 cm³/mol. The molecule has 2 N–H and O–H groups in total. The summed E-state index contributed by atoms with van der Waals surface area (Å²) in [5.74, 6) is 0.929. The van der Waals surface area contributed by atoms with E-state index in [9.17, 15) is 9.59 Å². The number of carbonyl (C=O) groups is 2. The van der Waals surface area contributed by atoms with Crippen molar-refractivity contribution in [1.29, 1.82) is 0 Å². The number of ether oxygens (including phenoxy) is 2. The van der Waals surface area contributed by atoms with Crippen LogP contribution >= 0.6 is 0 Å². The third kappa shape index (κ3) is 3.69. The number of rotatable bonds is 5. The summed E-state index contributed by atoms with van der Waals surface area (Å²) in [6.45, 7) is 4.16. The van der Waals surface area contributed by atoms with Gasteiger partial charge in [-0.15, -0.1) is 0 Å². The molecule has 1 aromatic carbocycles. The maximum atomic E-state index is 13.4. The molecule has 8 nitrogen and oxygen atoms in total. The number of hydrogen-bond acceptors (Lipinski definition) is 5. The van der Waals surface area contributed by atoms with Crippen molar-refractivity contribution < 1.29 is 19.1 Å². The van der Waals surface area contributed by atoms with Crippen LogP contribution in [0.1, 0.15) is 56.8 Å². The highest BCUT2D eigenvalue weighted by Gasteiger charge is 2.35. The summed E-state index contributed by atoms with van der Waals surface area (Å²) in [7, 11) is 2.97. The predicted octanol–water partition coefficient (Wildman–Crippen LogP) is 3.79. The van der Waals surface area contributed by atoms with E-state index in [2.05, 4.69) is 15.0 Å². The van der Waals surface area contributed by atoms with Gasteiger partial charge in [-0.3, -0.25) is 4.79 Å². The van der Waals surface area contributed by atoms with Gasteiger partial charge in [0.1, 0.15) is 17.3 Å². The summed E-state index contributed by atoms with van der Waals surface area (Å²) in [5.41, 5.74) is 3.91. The fourth-order valence-corrected chi connectivity index (χ4v) is 4.25. The molecule has 1 aliphatic rings. The molecular weight excluding hydrogens is 396 g/mol. The Morgan fingerprint density at radius 1 is 1.19 bits per heavy atom. The van der Waals surface area contributed by atoms with Crippen LogP contribution in [-0.2, 0) is 4.74 Å². The summed E-state index contributed by atoms with van der Waals surface area (Å²) in [4.78, 5) is 38.3. The number of carbonyl (C=O) groups excluding carboxylic acids is 2. The zero-order valence-electron chi connectivity index (χ0n) is 18.1. The summed E-state index contributed by atoms with van der Waals surface area (Å²) in [6, 6.07) is 7.58. The van der Waals surface area contributed by atoms with Gasteiger partial charge in [-0.05, 0) is 44.4 Å². The van der Waals surface area contributed by atoms with E-state index in [1.54, 1.807) is 27.2 Å². The number of H-pyrrole nitrogens is 2. The van der Waals surface area contributed by atoms with Crippen LogP contribution in [-0.4, -0.2) is 52.5 Å². The molecule has 0 spiro atoms. The molecule has 3 aromatic rings. The molecule has 1 amide bonds. The number of esters is 1. The Hall–Kier alpha value is -3.55. The van der Waals surface area contributed by atoms with Gasteiger partial charge in [0, 0.05) is 17.8 Å². The van der Waals surface area contributed by atoms with Gasteiger partial charge in [0.15, 0.2) is 0 Å². The van der Waals surface area contributed by atoms with Crippen LogP contribution in [0.3, 0.4) is 0 Å². The van der Waals surface area contributed by atoms with Gasteiger partial charge in [-0.25, -0.2) is 9.78 Å². The molecule has 0 bridgehead atoms. The van der Waals surface area contributed by atoms with Crippen molar-refractivity contribution in [3.05, 3.63) is 58.8 Å². The molecular formula is C23H26N4O4. The van der Waals surface area contributed by atoms with Crippen molar-refractivity contribution >= 4 is 11.9 Å². The topological polar surface area (TPSA) is 100 Å². The molecule has 8 heteroatoms. The molecule has 4 rings (SSSR count).